The Morgan fingerprint density at radius 2 is 2.12 bits per heavy atom. The van der Waals surface area contributed by atoms with Crippen LogP contribution in [0.25, 0.3) is 0 Å². The molecule has 0 atom stereocenters. The standard InChI is InChI=1S/C12H13F3N6O3/c1-6-10(21(23)24)7(2)20(19-6)4-3-16-11(22)8-5-9(18-17-8)12(13,14)15/h5H,3-4H2,1-2H3,(H,16,22)(H,17,18). The molecule has 9 nitrogen and oxygen atoms in total. The van der Waals surface area contributed by atoms with E-state index < -0.39 is 28.4 Å². The van der Waals surface area contributed by atoms with Gasteiger partial charge in [0.05, 0.1) is 11.5 Å². The number of aryl methyl sites for hydroxylation is 1. The van der Waals surface area contributed by atoms with Crippen molar-refractivity contribution in [1.82, 2.24) is 25.3 Å². The maximum Gasteiger partial charge on any atom is 0.432 e. The average molecular weight is 346 g/mol. The third kappa shape index (κ3) is 3.52. The van der Waals surface area contributed by atoms with Gasteiger partial charge in [-0.25, -0.2) is 0 Å². The number of hydrogen-bond acceptors (Lipinski definition) is 5. The monoisotopic (exact) mass is 346 g/mol. The molecular weight excluding hydrogens is 333 g/mol. The molecule has 0 aliphatic carbocycles. The van der Waals surface area contributed by atoms with Crippen LogP contribution in [0.4, 0.5) is 18.9 Å². The molecule has 24 heavy (non-hydrogen) atoms. The zero-order valence-corrected chi connectivity index (χ0v) is 12.6. The lowest BCUT2D eigenvalue weighted by atomic mass is 10.3. The molecule has 12 heteroatoms. The third-order valence-electron chi connectivity index (χ3n) is 3.25. The van der Waals surface area contributed by atoms with Crippen molar-refractivity contribution in [2.45, 2.75) is 26.6 Å². The summed E-state index contributed by atoms with van der Waals surface area (Å²) in [4.78, 5) is 22.1. The number of aromatic amines is 1. The molecule has 1 amide bonds. The van der Waals surface area contributed by atoms with E-state index >= 15 is 0 Å². The lowest BCUT2D eigenvalue weighted by Gasteiger charge is -2.05. The number of amides is 1. The Morgan fingerprint density at radius 3 is 2.62 bits per heavy atom. The minimum Gasteiger partial charge on any atom is -0.349 e. The van der Waals surface area contributed by atoms with Crippen molar-refractivity contribution in [2.75, 3.05) is 6.54 Å². The summed E-state index contributed by atoms with van der Waals surface area (Å²) >= 11 is 0. The number of carbonyl (C=O) groups is 1. The lowest BCUT2D eigenvalue weighted by Crippen LogP contribution is -2.28. The van der Waals surface area contributed by atoms with Gasteiger partial charge in [-0.1, -0.05) is 0 Å². The van der Waals surface area contributed by atoms with Crippen molar-refractivity contribution in [1.29, 1.82) is 0 Å². The Kier molecular flexibility index (Phi) is 4.57. The smallest absolute Gasteiger partial charge is 0.349 e. The van der Waals surface area contributed by atoms with Gasteiger partial charge in [0, 0.05) is 12.6 Å². The molecule has 0 saturated carbocycles. The van der Waals surface area contributed by atoms with Crippen molar-refractivity contribution in [2.24, 2.45) is 0 Å². The summed E-state index contributed by atoms with van der Waals surface area (Å²) in [5, 5.41) is 22.3. The maximum atomic E-state index is 12.4. The van der Waals surface area contributed by atoms with Crippen molar-refractivity contribution in [3.63, 3.8) is 0 Å². The zero-order valence-electron chi connectivity index (χ0n) is 12.6. The number of halogens is 3. The Labute approximate surface area is 133 Å². The van der Waals surface area contributed by atoms with E-state index in [9.17, 15) is 28.1 Å². The molecule has 0 unspecified atom stereocenters. The van der Waals surface area contributed by atoms with Crippen LogP contribution >= 0.6 is 0 Å². The van der Waals surface area contributed by atoms with Crippen LogP contribution in [0.15, 0.2) is 6.07 Å². The van der Waals surface area contributed by atoms with Gasteiger partial charge in [-0.2, -0.15) is 23.4 Å². The van der Waals surface area contributed by atoms with Crippen LogP contribution in [0.5, 0.6) is 0 Å². The van der Waals surface area contributed by atoms with Crippen LogP contribution in [-0.2, 0) is 12.7 Å². The van der Waals surface area contributed by atoms with Crippen LogP contribution in [0, 0.1) is 24.0 Å². The predicted molar refractivity (Wildman–Crippen MR) is 74.3 cm³/mol. The van der Waals surface area contributed by atoms with Gasteiger partial charge in [0.25, 0.3) is 5.91 Å². The molecule has 0 bridgehead atoms. The van der Waals surface area contributed by atoms with Gasteiger partial charge in [0.2, 0.25) is 0 Å². The minimum absolute atomic E-state index is 0.0200. The summed E-state index contributed by atoms with van der Waals surface area (Å²) in [5.41, 5.74) is -1.07. The SMILES string of the molecule is Cc1nn(CCNC(=O)c2cc(C(F)(F)F)[nH]n2)c(C)c1[N+](=O)[O-]. The van der Waals surface area contributed by atoms with Gasteiger partial charge in [0.1, 0.15) is 17.1 Å². The first-order chi connectivity index (χ1) is 11.1. The fourth-order valence-corrected chi connectivity index (χ4v) is 2.12. The number of H-pyrrole nitrogens is 1. The van der Waals surface area contributed by atoms with Gasteiger partial charge in [0.15, 0.2) is 5.69 Å². The normalized spacial score (nSPS) is 11.5. The number of carbonyl (C=O) groups excluding carboxylic acids is 1. The summed E-state index contributed by atoms with van der Waals surface area (Å²) < 4.78 is 38.6. The van der Waals surface area contributed by atoms with Crippen LogP contribution in [0.2, 0.25) is 0 Å². The first-order valence-electron chi connectivity index (χ1n) is 6.70. The third-order valence-corrected chi connectivity index (χ3v) is 3.25. The molecule has 2 N–H and O–H groups in total. The van der Waals surface area contributed by atoms with Crippen molar-refractivity contribution in [3.05, 3.63) is 39.0 Å². The lowest BCUT2D eigenvalue weighted by molar-refractivity contribution is -0.386. The maximum absolute atomic E-state index is 12.4. The second-order valence-corrected chi connectivity index (χ2v) is 4.92. The second-order valence-electron chi connectivity index (χ2n) is 4.92. The van der Waals surface area contributed by atoms with Crippen molar-refractivity contribution >= 4 is 11.6 Å². The highest BCUT2D eigenvalue weighted by Gasteiger charge is 2.33. The summed E-state index contributed by atoms with van der Waals surface area (Å²) in [5.74, 6) is -0.794. The molecule has 0 spiro atoms. The topological polar surface area (TPSA) is 119 Å². The Morgan fingerprint density at radius 1 is 1.46 bits per heavy atom. The molecule has 0 fully saturated rings. The largest absolute Gasteiger partial charge is 0.432 e. The Hall–Kier alpha value is -2.92. The first-order valence-corrected chi connectivity index (χ1v) is 6.70. The highest BCUT2D eigenvalue weighted by Crippen LogP contribution is 2.27. The molecule has 0 saturated heterocycles. The highest BCUT2D eigenvalue weighted by atomic mass is 19.4. The number of nitro groups is 1. The molecule has 0 aliphatic rings. The Balaban J connectivity index is 1.97. The van der Waals surface area contributed by atoms with E-state index in [1.54, 1.807) is 5.10 Å². The van der Waals surface area contributed by atoms with Gasteiger partial charge < -0.3 is 5.32 Å². The molecule has 0 aromatic carbocycles. The molecule has 2 aromatic heterocycles. The Bertz CT molecular complexity index is 780. The molecule has 2 aromatic rings. The molecular formula is C12H13F3N6O3. The van der Waals surface area contributed by atoms with Crippen LogP contribution in [0.1, 0.15) is 27.6 Å². The van der Waals surface area contributed by atoms with Crippen molar-refractivity contribution in [3.8, 4) is 0 Å². The summed E-state index contributed by atoms with van der Waals surface area (Å²) in [6.07, 6.45) is -4.62. The van der Waals surface area contributed by atoms with Gasteiger partial charge in [-0.3, -0.25) is 24.7 Å². The van der Waals surface area contributed by atoms with E-state index in [-0.39, 0.29) is 24.5 Å². The quantitative estimate of drug-likeness (QED) is 0.629. The van der Waals surface area contributed by atoms with Gasteiger partial charge in [-0.05, 0) is 13.8 Å². The number of hydrogen-bond donors (Lipinski definition) is 2. The predicted octanol–water partition coefficient (Wildman–Crippen LogP) is 1.58. The number of nitrogens with one attached hydrogen (secondary N) is 2. The fourth-order valence-electron chi connectivity index (χ4n) is 2.12. The minimum atomic E-state index is -4.62. The molecule has 0 radical (unpaired) electrons. The van der Waals surface area contributed by atoms with E-state index in [0.717, 1.165) is 0 Å². The number of rotatable bonds is 5. The van der Waals surface area contributed by atoms with Gasteiger partial charge in [-0.15, -0.1) is 0 Å². The average Bonchev–Trinajstić information content (AvgIpc) is 3.04. The highest BCUT2D eigenvalue weighted by molar-refractivity contribution is 5.92. The van der Waals surface area contributed by atoms with E-state index in [1.165, 1.54) is 18.5 Å². The van der Waals surface area contributed by atoms with Crippen LogP contribution in [-0.4, -0.2) is 37.4 Å². The van der Waals surface area contributed by atoms with E-state index in [1.807, 2.05) is 0 Å². The van der Waals surface area contributed by atoms with Crippen LogP contribution < -0.4 is 5.32 Å². The molecule has 2 heterocycles. The molecule has 0 aliphatic heterocycles. The summed E-state index contributed by atoms with van der Waals surface area (Å²) in [6.45, 7) is 3.15. The van der Waals surface area contributed by atoms with Crippen LogP contribution in [0.3, 0.4) is 0 Å². The molecule has 2 rings (SSSR count). The summed E-state index contributed by atoms with van der Waals surface area (Å²) in [7, 11) is 0. The summed E-state index contributed by atoms with van der Waals surface area (Å²) in [6, 6.07) is 0.601. The van der Waals surface area contributed by atoms with E-state index in [4.69, 9.17) is 0 Å². The van der Waals surface area contributed by atoms with E-state index in [0.29, 0.717) is 11.8 Å². The number of aromatic nitrogens is 4. The first kappa shape index (κ1) is 17.4. The van der Waals surface area contributed by atoms with E-state index in [2.05, 4.69) is 15.5 Å². The van der Waals surface area contributed by atoms with Gasteiger partial charge >= 0.3 is 11.9 Å². The zero-order chi connectivity index (χ0) is 18.1. The fraction of sp³-hybridized carbons (Fsp3) is 0.417. The van der Waals surface area contributed by atoms with Crippen molar-refractivity contribution < 1.29 is 22.9 Å². The second kappa shape index (κ2) is 6.29. The number of nitrogens with zero attached hydrogens (tertiary/aromatic N) is 4. The molecule has 130 valence electrons. The number of alkyl halides is 3.